The molecule has 0 aliphatic heterocycles. The molecule has 1 rings (SSSR count). The van der Waals surface area contributed by atoms with E-state index >= 15 is 0 Å². The van der Waals surface area contributed by atoms with Crippen LogP contribution < -0.4 is 15.2 Å². The summed E-state index contributed by atoms with van der Waals surface area (Å²) in [6.45, 7) is 5.02. The second-order valence-electron chi connectivity index (χ2n) is 4.27. The summed E-state index contributed by atoms with van der Waals surface area (Å²) in [5, 5.41) is 11.5. The molecule has 0 aliphatic carbocycles. The zero-order chi connectivity index (χ0) is 14.8. The topological polar surface area (TPSA) is 80.3 Å². The lowest BCUT2D eigenvalue weighted by molar-refractivity contribution is 0.213. The van der Waals surface area contributed by atoms with Gasteiger partial charge in [0.15, 0.2) is 11.5 Å². The standard InChI is InChI=1S/C14H23N3O3/c1-3-17(9-8-14(15)16-18)10-11-20-13-7-5-4-6-12(13)19-2/h4-7,18H,3,8-11H2,1-2H3,(H2,15,16). The van der Waals surface area contributed by atoms with Crippen LogP contribution in [0.4, 0.5) is 0 Å². The number of benzene rings is 1. The van der Waals surface area contributed by atoms with Gasteiger partial charge in [-0.2, -0.15) is 0 Å². The second kappa shape index (κ2) is 9.03. The fraction of sp³-hybridized carbons (Fsp3) is 0.500. The van der Waals surface area contributed by atoms with Crippen molar-refractivity contribution in [3.63, 3.8) is 0 Å². The lowest BCUT2D eigenvalue weighted by Gasteiger charge is -2.20. The van der Waals surface area contributed by atoms with Crippen molar-refractivity contribution in [1.29, 1.82) is 0 Å². The molecule has 0 atom stereocenters. The fourth-order valence-electron chi connectivity index (χ4n) is 1.77. The van der Waals surface area contributed by atoms with E-state index in [4.69, 9.17) is 20.4 Å². The summed E-state index contributed by atoms with van der Waals surface area (Å²) in [4.78, 5) is 2.17. The molecule has 0 saturated heterocycles. The minimum atomic E-state index is 0.245. The Hall–Kier alpha value is -1.95. The Bertz CT molecular complexity index is 424. The first kappa shape index (κ1) is 16.1. The van der Waals surface area contributed by atoms with Crippen LogP contribution in [0.3, 0.4) is 0 Å². The van der Waals surface area contributed by atoms with Gasteiger partial charge in [0.1, 0.15) is 12.4 Å². The monoisotopic (exact) mass is 281 g/mol. The van der Waals surface area contributed by atoms with Gasteiger partial charge in [-0.15, -0.1) is 0 Å². The smallest absolute Gasteiger partial charge is 0.161 e. The lowest BCUT2D eigenvalue weighted by Crippen LogP contribution is -2.31. The van der Waals surface area contributed by atoms with Crippen LogP contribution in [0.2, 0.25) is 0 Å². The summed E-state index contributed by atoms with van der Waals surface area (Å²) in [5.41, 5.74) is 5.46. The number of amidine groups is 1. The third-order valence-corrected chi connectivity index (χ3v) is 2.99. The van der Waals surface area contributed by atoms with Gasteiger partial charge in [-0.3, -0.25) is 4.90 Å². The molecular weight excluding hydrogens is 258 g/mol. The van der Waals surface area contributed by atoms with E-state index in [0.29, 0.717) is 13.0 Å². The Kier molecular flexibility index (Phi) is 7.27. The Morgan fingerprint density at radius 3 is 2.60 bits per heavy atom. The van der Waals surface area contributed by atoms with Crippen molar-refractivity contribution in [2.24, 2.45) is 10.9 Å². The highest BCUT2D eigenvalue weighted by molar-refractivity contribution is 5.79. The van der Waals surface area contributed by atoms with E-state index in [1.807, 2.05) is 24.3 Å². The minimum Gasteiger partial charge on any atom is -0.493 e. The van der Waals surface area contributed by atoms with Crippen LogP contribution in [-0.4, -0.2) is 49.3 Å². The van der Waals surface area contributed by atoms with Crippen molar-refractivity contribution in [3.05, 3.63) is 24.3 Å². The maximum absolute atomic E-state index is 8.51. The molecule has 0 spiro atoms. The van der Waals surface area contributed by atoms with Crippen LogP contribution >= 0.6 is 0 Å². The molecule has 0 saturated carbocycles. The molecule has 0 amide bonds. The predicted octanol–water partition coefficient (Wildman–Crippen LogP) is 1.53. The number of nitrogens with zero attached hydrogens (tertiary/aromatic N) is 2. The van der Waals surface area contributed by atoms with Gasteiger partial charge in [0.05, 0.1) is 7.11 Å². The van der Waals surface area contributed by atoms with Crippen molar-refractivity contribution in [1.82, 2.24) is 4.90 Å². The van der Waals surface area contributed by atoms with Gasteiger partial charge in [0.2, 0.25) is 0 Å². The van der Waals surface area contributed by atoms with Crippen molar-refractivity contribution >= 4 is 5.84 Å². The van der Waals surface area contributed by atoms with Crippen LogP contribution in [0.15, 0.2) is 29.4 Å². The highest BCUT2D eigenvalue weighted by atomic mass is 16.5. The maximum Gasteiger partial charge on any atom is 0.161 e. The van der Waals surface area contributed by atoms with Crippen molar-refractivity contribution in [2.75, 3.05) is 33.4 Å². The first-order valence-electron chi connectivity index (χ1n) is 6.65. The molecule has 0 bridgehead atoms. The van der Waals surface area contributed by atoms with Crippen molar-refractivity contribution in [2.45, 2.75) is 13.3 Å². The third kappa shape index (κ3) is 5.36. The normalized spacial score (nSPS) is 11.7. The highest BCUT2D eigenvalue weighted by Crippen LogP contribution is 2.25. The molecule has 0 radical (unpaired) electrons. The summed E-state index contributed by atoms with van der Waals surface area (Å²) < 4.78 is 10.9. The molecule has 1 aromatic rings. The van der Waals surface area contributed by atoms with Gasteiger partial charge in [-0.05, 0) is 18.7 Å². The zero-order valence-electron chi connectivity index (χ0n) is 12.1. The number of nitrogens with two attached hydrogens (primary N) is 1. The quantitative estimate of drug-likeness (QED) is 0.310. The molecule has 3 N–H and O–H groups in total. The number of rotatable bonds is 9. The first-order valence-corrected chi connectivity index (χ1v) is 6.65. The van der Waals surface area contributed by atoms with E-state index in [1.54, 1.807) is 7.11 Å². The molecular formula is C14H23N3O3. The lowest BCUT2D eigenvalue weighted by atomic mass is 10.3. The van der Waals surface area contributed by atoms with Crippen LogP contribution in [0.5, 0.6) is 11.5 Å². The van der Waals surface area contributed by atoms with E-state index in [-0.39, 0.29) is 5.84 Å². The summed E-state index contributed by atoms with van der Waals surface area (Å²) >= 11 is 0. The van der Waals surface area contributed by atoms with Gasteiger partial charge in [-0.25, -0.2) is 0 Å². The second-order valence-corrected chi connectivity index (χ2v) is 4.27. The largest absolute Gasteiger partial charge is 0.493 e. The SMILES string of the molecule is CCN(CCOc1ccccc1OC)CCC(N)=NO. The van der Waals surface area contributed by atoms with Gasteiger partial charge in [-0.1, -0.05) is 24.2 Å². The molecule has 6 heteroatoms. The number of oxime groups is 1. The van der Waals surface area contributed by atoms with Crippen LogP contribution in [-0.2, 0) is 0 Å². The number of hydrogen-bond acceptors (Lipinski definition) is 5. The van der Waals surface area contributed by atoms with E-state index in [1.165, 1.54) is 0 Å². The number of ether oxygens (including phenoxy) is 2. The molecule has 0 heterocycles. The van der Waals surface area contributed by atoms with Gasteiger partial charge < -0.3 is 20.4 Å². The van der Waals surface area contributed by atoms with E-state index < -0.39 is 0 Å². The van der Waals surface area contributed by atoms with Crippen LogP contribution in [0, 0.1) is 0 Å². The average molecular weight is 281 g/mol. The molecule has 6 nitrogen and oxygen atoms in total. The Balaban J connectivity index is 2.37. The summed E-state index contributed by atoms with van der Waals surface area (Å²) in [7, 11) is 1.62. The number of methoxy groups -OCH3 is 1. The van der Waals surface area contributed by atoms with E-state index in [0.717, 1.165) is 31.1 Å². The van der Waals surface area contributed by atoms with Gasteiger partial charge in [0, 0.05) is 19.5 Å². The maximum atomic E-state index is 8.51. The van der Waals surface area contributed by atoms with Gasteiger partial charge in [0.25, 0.3) is 0 Å². The number of para-hydroxylation sites is 2. The zero-order valence-corrected chi connectivity index (χ0v) is 12.1. The molecule has 112 valence electrons. The Morgan fingerprint density at radius 1 is 1.30 bits per heavy atom. The highest BCUT2D eigenvalue weighted by Gasteiger charge is 2.06. The summed E-state index contributed by atoms with van der Waals surface area (Å²) in [5.74, 6) is 1.71. The Morgan fingerprint density at radius 2 is 2.00 bits per heavy atom. The predicted molar refractivity (Wildman–Crippen MR) is 78.6 cm³/mol. The van der Waals surface area contributed by atoms with Crippen molar-refractivity contribution in [3.8, 4) is 11.5 Å². The molecule has 0 fully saturated rings. The fourth-order valence-corrected chi connectivity index (χ4v) is 1.77. The Labute approximate surface area is 119 Å². The molecule has 0 unspecified atom stereocenters. The number of likely N-dealkylation sites (N-methyl/N-ethyl adjacent to an activating group) is 1. The summed E-state index contributed by atoms with van der Waals surface area (Å²) in [6.07, 6.45) is 0.541. The third-order valence-electron chi connectivity index (χ3n) is 2.99. The van der Waals surface area contributed by atoms with E-state index in [2.05, 4.69) is 17.0 Å². The van der Waals surface area contributed by atoms with Crippen LogP contribution in [0.1, 0.15) is 13.3 Å². The first-order chi connectivity index (χ1) is 9.71. The average Bonchev–Trinajstić information content (AvgIpc) is 2.50. The molecule has 20 heavy (non-hydrogen) atoms. The van der Waals surface area contributed by atoms with E-state index in [9.17, 15) is 0 Å². The van der Waals surface area contributed by atoms with Crippen molar-refractivity contribution < 1.29 is 14.7 Å². The minimum absolute atomic E-state index is 0.245. The molecule has 1 aromatic carbocycles. The summed E-state index contributed by atoms with van der Waals surface area (Å²) in [6, 6.07) is 7.56. The molecule has 0 aromatic heterocycles. The van der Waals surface area contributed by atoms with Gasteiger partial charge >= 0.3 is 0 Å². The van der Waals surface area contributed by atoms with Crippen LogP contribution in [0.25, 0.3) is 0 Å². The molecule has 0 aliphatic rings. The number of hydrogen-bond donors (Lipinski definition) is 2.